The third-order valence-electron chi connectivity index (χ3n) is 2.63. The molecule has 4 nitrogen and oxygen atoms in total. The number of hydrogen-bond donors (Lipinski definition) is 1. The van der Waals surface area contributed by atoms with Crippen molar-refractivity contribution in [2.24, 2.45) is 0 Å². The number of amides is 2. The molecule has 2 amide bonds. The van der Waals surface area contributed by atoms with E-state index < -0.39 is 0 Å². The zero-order valence-corrected chi connectivity index (χ0v) is 9.16. The lowest BCUT2D eigenvalue weighted by atomic mass is 10.0. The summed E-state index contributed by atoms with van der Waals surface area (Å²) in [6.45, 7) is 4.43. The predicted molar refractivity (Wildman–Crippen MR) is 58.2 cm³/mol. The molecule has 15 heavy (non-hydrogen) atoms. The Kier molecular flexibility index (Phi) is 4.49. The highest BCUT2D eigenvalue weighted by atomic mass is 16.2. The molecule has 0 aromatic heterocycles. The first-order valence-corrected chi connectivity index (χ1v) is 5.31. The van der Waals surface area contributed by atoms with Crippen LogP contribution in [0.1, 0.15) is 25.7 Å². The van der Waals surface area contributed by atoms with Gasteiger partial charge in [-0.15, -0.1) is 6.58 Å². The number of likely N-dealkylation sites (tertiary alicyclic amines) is 1. The first-order chi connectivity index (χ1) is 7.16. The van der Waals surface area contributed by atoms with E-state index in [0.717, 1.165) is 19.4 Å². The van der Waals surface area contributed by atoms with Crippen LogP contribution in [0.25, 0.3) is 0 Å². The van der Waals surface area contributed by atoms with Crippen molar-refractivity contribution in [1.82, 2.24) is 10.2 Å². The number of nitrogens with one attached hydrogen (secondary N) is 1. The minimum absolute atomic E-state index is 0.0795. The lowest BCUT2D eigenvalue weighted by molar-refractivity contribution is -0.148. The van der Waals surface area contributed by atoms with Gasteiger partial charge in [0, 0.05) is 13.5 Å². The molecule has 1 rings (SSSR count). The Morgan fingerprint density at radius 2 is 2.33 bits per heavy atom. The fraction of sp³-hybridized carbons (Fsp3) is 0.636. The molecule has 1 fully saturated rings. The van der Waals surface area contributed by atoms with Crippen LogP contribution in [0.2, 0.25) is 0 Å². The number of imide groups is 1. The zero-order chi connectivity index (χ0) is 11.3. The van der Waals surface area contributed by atoms with Crippen LogP contribution in [-0.4, -0.2) is 36.3 Å². The third-order valence-corrected chi connectivity index (χ3v) is 2.63. The normalized spacial score (nSPS) is 21.9. The van der Waals surface area contributed by atoms with Crippen LogP contribution in [0.4, 0.5) is 0 Å². The van der Waals surface area contributed by atoms with Crippen LogP contribution in [0.3, 0.4) is 0 Å². The molecule has 0 spiro atoms. The van der Waals surface area contributed by atoms with Gasteiger partial charge in [0.15, 0.2) is 0 Å². The number of carbonyl (C=O) groups excluding carboxylic acids is 2. The number of unbranched alkanes of at least 4 members (excludes halogenated alkanes) is 1. The maximum absolute atomic E-state index is 11.6. The summed E-state index contributed by atoms with van der Waals surface area (Å²) in [6, 6.07) is -0.183. The summed E-state index contributed by atoms with van der Waals surface area (Å²) in [5.74, 6) is -0.186. The largest absolute Gasteiger partial charge is 0.306 e. The topological polar surface area (TPSA) is 49.4 Å². The van der Waals surface area contributed by atoms with E-state index in [1.54, 1.807) is 7.05 Å². The van der Waals surface area contributed by atoms with Crippen molar-refractivity contribution in [3.8, 4) is 0 Å². The Morgan fingerprint density at radius 3 is 3.00 bits per heavy atom. The number of piperidine rings is 1. The molecule has 1 saturated heterocycles. The second kappa shape index (κ2) is 5.66. The summed E-state index contributed by atoms with van der Waals surface area (Å²) in [5.41, 5.74) is 0. The van der Waals surface area contributed by atoms with Crippen molar-refractivity contribution >= 4 is 11.8 Å². The number of hydrogen-bond acceptors (Lipinski definition) is 3. The molecule has 0 radical (unpaired) electrons. The van der Waals surface area contributed by atoms with E-state index in [1.165, 1.54) is 4.90 Å². The van der Waals surface area contributed by atoms with Gasteiger partial charge in [0.2, 0.25) is 11.8 Å². The molecule has 1 aliphatic heterocycles. The van der Waals surface area contributed by atoms with Gasteiger partial charge in [-0.2, -0.15) is 0 Å². The highest BCUT2D eigenvalue weighted by Gasteiger charge is 2.30. The molecule has 0 aromatic carbocycles. The van der Waals surface area contributed by atoms with Gasteiger partial charge in [-0.05, 0) is 25.8 Å². The number of likely N-dealkylation sites (N-methyl/N-ethyl adjacent to an activating group) is 1. The van der Waals surface area contributed by atoms with Crippen molar-refractivity contribution in [2.45, 2.75) is 31.7 Å². The zero-order valence-electron chi connectivity index (χ0n) is 9.16. The first kappa shape index (κ1) is 11.9. The van der Waals surface area contributed by atoms with Gasteiger partial charge in [-0.1, -0.05) is 6.08 Å². The van der Waals surface area contributed by atoms with E-state index in [2.05, 4.69) is 11.9 Å². The number of nitrogens with zero attached hydrogens (tertiary/aromatic N) is 1. The van der Waals surface area contributed by atoms with Crippen molar-refractivity contribution in [2.75, 3.05) is 13.6 Å². The molecule has 1 heterocycles. The van der Waals surface area contributed by atoms with Crippen LogP contribution < -0.4 is 5.32 Å². The average molecular weight is 210 g/mol. The summed E-state index contributed by atoms with van der Waals surface area (Å²) in [5, 5.41) is 3.17. The number of carbonyl (C=O) groups is 2. The van der Waals surface area contributed by atoms with Gasteiger partial charge in [0.1, 0.15) is 0 Å². The number of allylic oxidation sites excluding steroid dienone is 1. The Hall–Kier alpha value is -1.16. The Bertz CT molecular complexity index is 263. The summed E-state index contributed by atoms with van der Waals surface area (Å²) in [6.07, 6.45) is 4.87. The van der Waals surface area contributed by atoms with E-state index in [4.69, 9.17) is 0 Å². The van der Waals surface area contributed by atoms with E-state index in [0.29, 0.717) is 12.8 Å². The predicted octanol–water partition coefficient (Wildman–Crippen LogP) is 0.690. The summed E-state index contributed by atoms with van der Waals surface area (Å²) in [4.78, 5) is 24.0. The fourth-order valence-corrected chi connectivity index (χ4v) is 1.63. The summed E-state index contributed by atoms with van der Waals surface area (Å²) >= 11 is 0. The Balaban J connectivity index is 2.33. The monoisotopic (exact) mass is 210 g/mol. The quantitative estimate of drug-likeness (QED) is 0.412. The van der Waals surface area contributed by atoms with E-state index in [1.807, 2.05) is 6.08 Å². The summed E-state index contributed by atoms with van der Waals surface area (Å²) < 4.78 is 0. The van der Waals surface area contributed by atoms with Gasteiger partial charge < -0.3 is 5.32 Å². The summed E-state index contributed by atoms with van der Waals surface area (Å²) in [7, 11) is 1.54. The standard InChI is InChI=1S/C11H18N2O2/c1-3-4-5-8-12-9-6-7-10(14)13(2)11(9)15/h3,9,12H,1,4-8H2,2H3. The highest BCUT2D eigenvalue weighted by molar-refractivity contribution is 6.00. The molecule has 1 unspecified atom stereocenters. The number of rotatable bonds is 5. The Morgan fingerprint density at radius 1 is 1.60 bits per heavy atom. The lowest BCUT2D eigenvalue weighted by Crippen LogP contribution is -2.51. The minimum Gasteiger partial charge on any atom is -0.306 e. The van der Waals surface area contributed by atoms with Crippen LogP contribution in [-0.2, 0) is 9.59 Å². The minimum atomic E-state index is -0.183. The molecule has 1 atom stereocenters. The molecular formula is C11H18N2O2. The lowest BCUT2D eigenvalue weighted by Gasteiger charge is -2.28. The molecule has 0 aromatic rings. The van der Waals surface area contributed by atoms with Gasteiger partial charge >= 0.3 is 0 Å². The second-order valence-corrected chi connectivity index (χ2v) is 3.77. The first-order valence-electron chi connectivity index (χ1n) is 5.31. The Labute approximate surface area is 90.3 Å². The molecule has 4 heteroatoms. The van der Waals surface area contributed by atoms with Crippen LogP contribution in [0.15, 0.2) is 12.7 Å². The maximum atomic E-state index is 11.6. The van der Waals surface area contributed by atoms with E-state index in [-0.39, 0.29) is 17.9 Å². The highest BCUT2D eigenvalue weighted by Crippen LogP contribution is 2.11. The van der Waals surface area contributed by atoms with Gasteiger partial charge in [0.05, 0.1) is 6.04 Å². The molecule has 84 valence electrons. The molecule has 1 N–H and O–H groups in total. The third kappa shape index (κ3) is 3.16. The molecular weight excluding hydrogens is 192 g/mol. The second-order valence-electron chi connectivity index (χ2n) is 3.77. The van der Waals surface area contributed by atoms with E-state index in [9.17, 15) is 9.59 Å². The van der Waals surface area contributed by atoms with Crippen LogP contribution in [0.5, 0.6) is 0 Å². The van der Waals surface area contributed by atoms with Crippen LogP contribution in [0, 0.1) is 0 Å². The molecule has 1 aliphatic rings. The van der Waals surface area contributed by atoms with Gasteiger partial charge in [0.25, 0.3) is 0 Å². The molecule has 0 bridgehead atoms. The average Bonchev–Trinajstić information content (AvgIpc) is 2.24. The van der Waals surface area contributed by atoms with Crippen molar-refractivity contribution in [3.63, 3.8) is 0 Å². The van der Waals surface area contributed by atoms with Crippen molar-refractivity contribution in [3.05, 3.63) is 12.7 Å². The van der Waals surface area contributed by atoms with Crippen LogP contribution >= 0.6 is 0 Å². The SMILES string of the molecule is C=CCCCNC1CCC(=O)N(C)C1=O. The maximum Gasteiger partial charge on any atom is 0.246 e. The van der Waals surface area contributed by atoms with Crippen molar-refractivity contribution < 1.29 is 9.59 Å². The fourth-order valence-electron chi connectivity index (χ4n) is 1.63. The molecule has 0 saturated carbocycles. The van der Waals surface area contributed by atoms with Crippen molar-refractivity contribution in [1.29, 1.82) is 0 Å². The van der Waals surface area contributed by atoms with E-state index >= 15 is 0 Å². The smallest absolute Gasteiger partial charge is 0.246 e. The molecule has 0 aliphatic carbocycles. The van der Waals surface area contributed by atoms with Gasteiger partial charge in [-0.3, -0.25) is 14.5 Å². The van der Waals surface area contributed by atoms with Gasteiger partial charge in [-0.25, -0.2) is 0 Å².